The zero-order valence-electron chi connectivity index (χ0n) is 8.66. The fourth-order valence-electron chi connectivity index (χ4n) is 1.66. The number of hydrogen-bond donors (Lipinski definition) is 0. The van der Waals surface area contributed by atoms with Gasteiger partial charge in [-0.3, -0.25) is 0 Å². The van der Waals surface area contributed by atoms with Gasteiger partial charge in [0.2, 0.25) is 0 Å². The third-order valence-electron chi connectivity index (χ3n) is 2.54. The first-order valence-electron chi connectivity index (χ1n) is 4.99. The predicted octanol–water partition coefficient (Wildman–Crippen LogP) is 5.26. The molecule has 1 aliphatic rings. The fourth-order valence-corrected chi connectivity index (χ4v) is 4.33. The molecule has 2 aromatic rings. The van der Waals surface area contributed by atoms with Crippen LogP contribution in [0, 0.1) is 6.92 Å². The topological polar surface area (TPSA) is 0 Å². The lowest BCUT2D eigenvalue weighted by Gasteiger charge is -2.19. The Morgan fingerprint density at radius 1 is 0.875 bits per heavy atom. The van der Waals surface area contributed by atoms with Crippen LogP contribution in [0.2, 0.25) is 5.02 Å². The molecule has 0 spiro atoms. The van der Waals surface area contributed by atoms with Crippen molar-refractivity contribution in [2.24, 2.45) is 0 Å². The Labute approximate surface area is 108 Å². The predicted molar refractivity (Wildman–Crippen MR) is 70.9 cm³/mol. The third kappa shape index (κ3) is 1.65. The van der Waals surface area contributed by atoms with Crippen molar-refractivity contribution in [1.29, 1.82) is 0 Å². The average molecular weight is 265 g/mol. The van der Waals surface area contributed by atoms with Crippen LogP contribution in [-0.2, 0) is 0 Å². The van der Waals surface area contributed by atoms with E-state index in [0.717, 1.165) is 10.6 Å². The molecule has 3 heteroatoms. The summed E-state index contributed by atoms with van der Waals surface area (Å²) >= 11 is 9.91. The molecular weight excluding hydrogens is 256 g/mol. The Bertz CT molecular complexity index is 564. The van der Waals surface area contributed by atoms with Crippen LogP contribution in [0.3, 0.4) is 0 Å². The molecule has 2 aromatic carbocycles. The normalized spacial score (nSPS) is 13.1. The van der Waals surface area contributed by atoms with E-state index in [1.54, 1.807) is 23.5 Å². The van der Waals surface area contributed by atoms with E-state index in [0.29, 0.717) is 0 Å². The first kappa shape index (κ1) is 10.6. The molecule has 0 saturated carbocycles. The Kier molecular flexibility index (Phi) is 2.66. The van der Waals surface area contributed by atoms with Crippen LogP contribution in [-0.4, -0.2) is 0 Å². The molecule has 0 nitrogen and oxygen atoms in total. The largest absolute Gasteiger partial charge is 0.0877 e. The summed E-state index contributed by atoms with van der Waals surface area (Å²) in [5.41, 5.74) is 1.15. The Morgan fingerprint density at radius 2 is 1.56 bits per heavy atom. The van der Waals surface area contributed by atoms with E-state index in [2.05, 4.69) is 36.4 Å². The highest BCUT2D eigenvalue weighted by Crippen LogP contribution is 2.51. The average Bonchev–Trinajstić information content (AvgIpc) is 2.32. The molecule has 0 N–H and O–H groups in total. The van der Waals surface area contributed by atoms with Crippen LogP contribution >= 0.6 is 35.1 Å². The highest BCUT2D eigenvalue weighted by Gasteiger charge is 2.19. The molecule has 0 atom stereocenters. The Morgan fingerprint density at radius 3 is 2.31 bits per heavy atom. The van der Waals surface area contributed by atoms with E-state index in [1.165, 1.54) is 19.6 Å². The zero-order valence-corrected chi connectivity index (χ0v) is 11.0. The molecule has 0 aromatic heterocycles. The monoisotopic (exact) mass is 264 g/mol. The molecule has 0 aliphatic carbocycles. The molecule has 1 aliphatic heterocycles. The molecule has 0 amide bonds. The Hall–Kier alpha value is -0.570. The minimum atomic E-state index is 0.893. The van der Waals surface area contributed by atoms with Crippen LogP contribution in [0.25, 0.3) is 0 Å². The van der Waals surface area contributed by atoms with E-state index in [1.807, 2.05) is 6.92 Å². The van der Waals surface area contributed by atoms with E-state index in [-0.39, 0.29) is 0 Å². The number of halogens is 1. The van der Waals surface area contributed by atoms with Gasteiger partial charge in [-0.2, -0.15) is 0 Å². The van der Waals surface area contributed by atoms with Gasteiger partial charge >= 0.3 is 0 Å². The smallest absolute Gasteiger partial charge is 0.0586 e. The van der Waals surface area contributed by atoms with Crippen molar-refractivity contribution in [1.82, 2.24) is 0 Å². The summed E-state index contributed by atoms with van der Waals surface area (Å²) in [4.78, 5) is 5.08. The van der Waals surface area contributed by atoms with Crippen molar-refractivity contribution >= 4 is 35.1 Å². The number of benzene rings is 2. The number of rotatable bonds is 0. The highest BCUT2D eigenvalue weighted by molar-refractivity contribution is 8.05. The Balaban J connectivity index is 2.16. The summed E-state index contributed by atoms with van der Waals surface area (Å²) in [6.45, 7) is 2.05. The first-order chi connectivity index (χ1) is 7.75. The minimum Gasteiger partial charge on any atom is -0.0877 e. The third-order valence-corrected chi connectivity index (χ3v) is 5.73. The zero-order chi connectivity index (χ0) is 11.1. The highest BCUT2D eigenvalue weighted by atomic mass is 35.5. The van der Waals surface area contributed by atoms with Gasteiger partial charge in [0.15, 0.2) is 0 Å². The van der Waals surface area contributed by atoms with Crippen molar-refractivity contribution in [3.05, 3.63) is 47.0 Å². The summed E-state index contributed by atoms with van der Waals surface area (Å²) in [5.74, 6) is 0. The quantitative estimate of drug-likeness (QED) is 0.543. The molecule has 80 valence electrons. The van der Waals surface area contributed by atoms with Gasteiger partial charge in [-0.1, -0.05) is 53.3 Å². The molecule has 0 saturated heterocycles. The molecule has 0 radical (unpaired) electrons. The molecular formula is C13H9ClS2. The van der Waals surface area contributed by atoms with E-state index >= 15 is 0 Å². The minimum absolute atomic E-state index is 0.893. The molecule has 0 bridgehead atoms. The summed E-state index contributed by atoms with van der Waals surface area (Å²) in [6.07, 6.45) is 0. The first-order valence-corrected chi connectivity index (χ1v) is 7.00. The summed E-state index contributed by atoms with van der Waals surface area (Å²) in [6, 6.07) is 12.7. The molecule has 1 heterocycles. The van der Waals surface area contributed by atoms with Crippen molar-refractivity contribution in [2.75, 3.05) is 0 Å². The SMILES string of the molecule is Cc1ccc2c(c1Cl)Sc1ccccc1S2. The van der Waals surface area contributed by atoms with Gasteiger partial charge < -0.3 is 0 Å². The van der Waals surface area contributed by atoms with Gasteiger partial charge in [0.05, 0.1) is 5.02 Å². The second-order valence-corrected chi connectivity index (χ2v) is 6.19. The van der Waals surface area contributed by atoms with Crippen LogP contribution in [0.4, 0.5) is 0 Å². The van der Waals surface area contributed by atoms with Gasteiger partial charge in [-0.15, -0.1) is 0 Å². The van der Waals surface area contributed by atoms with Gasteiger partial charge in [0.1, 0.15) is 0 Å². The second kappa shape index (κ2) is 4.02. The lowest BCUT2D eigenvalue weighted by molar-refractivity contribution is 1.14. The van der Waals surface area contributed by atoms with Crippen LogP contribution < -0.4 is 0 Å². The second-order valence-electron chi connectivity index (χ2n) is 3.67. The maximum atomic E-state index is 6.34. The van der Waals surface area contributed by atoms with E-state index < -0.39 is 0 Å². The van der Waals surface area contributed by atoms with Gasteiger partial charge in [0.25, 0.3) is 0 Å². The van der Waals surface area contributed by atoms with Crippen molar-refractivity contribution in [2.45, 2.75) is 26.5 Å². The lowest BCUT2D eigenvalue weighted by atomic mass is 10.2. The number of aryl methyl sites for hydroxylation is 1. The molecule has 0 unspecified atom stereocenters. The van der Waals surface area contributed by atoms with Crippen molar-refractivity contribution in [3.8, 4) is 0 Å². The lowest BCUT2D eigenvalue weighted by Crippen LogP contribution is -1.91. The molecule has 3 rings (SSSR count). The van der Waals surface area contributed by atoms with E-state index in [9.17, 15) is 0 Å². The fraction of sp³-hybridized carbons (Fsp3) is 0.0769. The molecule has 0 fully saturated rings. The van der Waals surface area contributed by atoms with Gasteiger partial charge in [0, 0.05) is 19.6 Å². The van der Waals surface area contributed by atoms with Crippen LogP contribution in [0.15, 0.2) is 56.0 Å². The van der Waals surface area contributed by atoms with Crippen molar-refractivity contribution < 1.29 is 0 Å². The van der Waals surface area contributed by atoms with Gasteiger partial charge in [-0.05, 0) is 30.7 Å². The summed E-state index contributed by atoms with van der Waals surface area (Å²) < 4.78 is 0. The standard InChI is InChI=1S/C13H9ClS2/c1-8-6-7-11-13(12(8)14)16-10-5-3-2-4-9(10)15-11/h2-7H,1H3. The van der Waals surface area contributed by atoms with Gasteiger partial charge in [-0.25, -0.2) is 0 Å². The maximum Gasteiger partial charge on any atom is 0.0586 e. The number of fused-ring (bicyclic) bond motifs is 2. The van der Waals surface area contributed by atoms with E-state index in [4.69, 9.17) is 11.6 Å². The summed E-state index contributed by atoms with van der Waals surface area (Å²) in [5, 5.41) is 0.893. The van der Waals surface area contributed by atoms with Crippen LogP contribution in [0.5, 0.6) is 0 Å². The summed E-state index contributed by atoms with van der Waals surface area (Å²) in [7, 11) is 0. The van der Waals surface area contributed by atoms with Crippen molar-refractivity contribution in [3.63, 3.8) is 0 Å². The maximum absolute atomic E-state index is 6.34. The number of hydrogen-bond acceptors (Lipinski definition) is 2. The molecule has 16 heavy (non-hydrogen) atoms. The van der Waals surface area contributed by atoms with Crippen LogP contribution in [0.1, 0.15) is 5.56 Å².